The summed E-state index contributed by atoms with van der Waals surface area (Å²) in [5.74, 6) is -0.0787. The number of hydrogen-bond acceptors (Lipinski definition) is 5. The van der Waals surface area contributed by atoms with E-state index in [1.54, 1.807) is 0 Å². The van der Waals surface area contributed by atoms with Gasteiger partial charge >= 0.3 is 5.97 Å². The maximum Gasteiger partial charge on any atom is 0.336 e. The Balaban J connectivity index is 1.66. The highest BCUT2D eigenvalue weighted by atomic mass is 16.5. The van der Waals surface area contributed by atoms with Crippen molar-refractivity contribution in [3.63, 3.8) is 0 Å². The van der Waals surface area contributed by atoms with E-state index < -0.39 is 5.92 Å². The molecular formula is C29H33NO4. The van der Waals surface area contributed by atoms with Gasteiger partial charge in [0.25, 0.3) is 0 Å². The number of hydrogen-bond donors (Lipinski definition) is 1. The van der Waals surface area contributed by atoms with Crippen molar-refractivity contribution >= 4 is 11.8 Å². The number of allylic oxidation sites excluding steroid dienone is 3. The van der Waals surface area contributed by atoms with Gasteiger partial charge in [-0.25, -0.2) is 4.79 Å². The molecule has 34 heavy (non-hydrogen) atoms. The summed E-state index contributed by atoms with van der Waals surface area (Å²) in [5, 5.41) is 3.36. The summed E-state index contributed by atoms with van der Waals surface area (Å²) in [6, 6.07) is 17.7. The third kappa shape index (κ3) is 5.24. The number of unbranched alkanes of at least 4 members (excludes halogenated alkanes) is 1. The molecule has 1 N–H and O–H groups in total. The molecule has 2 aliphatic rings. The number of dihydropyridines is 1. The number of rotatable bonds is 9. The summed E-state index contributed by atoms with van der Waals surface area (Å²) < 4.78 is 11.9. The van der Waals surface area contributed by atoms with E-state index in [1.165, 1.54) is 0 Å². The summed E-state index contributed by atoms with van der Waals surface area (Å²) in [5.41, 5.74) is 4.79. The van der Waals surface area contributed by atoms with Gasteiger partial charge in [0.05, 0.1) is 24.7 Å². The highest BCUT2D eigenvalue weighted by Crippen LogP contribution is 2.45. The molecule has 0 unspecified atom stereocenters. The van der Waals surface area contributed by atoms with Gasteiger partial charge in [-0.2, -0.15) is 0 Å². The monoisotopic (exact) mass is 459 g/mol. The van der Waals surface area contributed by atoms with Crippen molar-refractivity contribution in [2.24, 2.45) is 0 Å². The van der Waals surface area contributed by atoms with Gasteiger partial charge in [-0.1, -0.05) is 61.9 Å². The molecule has 1 aliphatic carbocycles. The van der Waals surface area contributed by atoms with Crippen LogP contribution in [0.3, 0.4) is 0 Å². The Kier molecular flexibility index (Phi) is 7.84. The number of carbonyl (C=O) groups excluding carboxylic acids is 2. The highest BCUT2D eigenvalue weighted by Gasteiger charge is 2.40. The van der Waals surface area contributed by atoms with Crippen molar-refractivity contribution in [3.05, 3.63) is 88.3 Å². The topological polar surface area (TPSA) is 64.6 Å². The first-order valence-corrected chi connectivity index (χ1v) is 12.3. The molecule has 1 heterocycles. The average Bonchev–Trinajstić information content (AvgIpc) is 2.84. The Morgan fingerprint density at radius 2 is 1.79 bits per heavy atom. The minimum atomic E-state index is -0.494. The number of ether oxygens (including phenoxy) is 2. The first-order valence-electron chi connectivity index (χ1n) is 12.3. The van der Waals surface area contributed by atoms with E-state index in [-0.39, 0.29) is 18.4 Å². The second-order valence-corrected chi connectivity index (χ2v) is 8.88. The third-order valence-electron chi connectivity index (χ3n) is 6.45. The fraction of sp³-hybridized carbons (Fsp3) is 0.379. The van der Waals surface area contributed by atoms with E-state index >= 15 is 0 Å². The largest absolute Gasteiger partial charge is 0.493 e. The Labute approximate surface area is 201 Å². The molecule has 0 fully saturated rings. The van der Waals surface area contributed by atoms with Crippen LogP contribution < -0.4 is 10.1 Å². The molecular weight excluding hydrogens is 426 g/mol. The van der Waals surface area contributed by atoms with Crippen LogP contribution in [0.2, 0.25) is 0 Å². The highest BCUT2D eigenvalue weighted by molar-refractivity contribution is 6.04. The van der Waals surface area contributed by atoms with Crippen LogP contribution in [0.25, 0.3) is 0 Å². The molecule has 5 heteroatoms. The summed E-state index contributed by atoms with van der Waals surface area (Å²) in [4.78, 5) is 26.6. The van der Waals surface area contributed by atoms with E-state index in [0.717, 1.165) is 54.0 Å². The summed E-state index contributed by atoms with van der Waals surface area (Å²) in [6.07, 6.45) is 4.71. The molecule has 5 nitrogen and oxygen atoms in total. The van der Waals surface area contributed by atoms with Crippen LogP contribution >= 0.6 is 0 Å². The lowest BCUT2D eigenvalue weighted by Gasteiger charge is -2.34. The summed E-state index contributed by atoms with van der Waals surface area (Å²) >= 11 is 0. The van der Waals surface area contributed by atoms with Crippen molar-refractivity contribution in [2.75, 3.05) is 13.2 Å². The lowest BCUT2D eigenvalue weighted by Crippen LogP contribution is -2.34. The lowest BCUT2D eigenvalue weighted by atomic mass is 9.75. The van der Waals surface area contributed by atoms with E-state index in [2.05, 4.69) is 12.2 Å². The predicted molar refractivity (Wildman–Crippen MR) is 132 cm³/mol. The maximum absolute atomic E-state index is 13.4. The van der Waals surface area contributed by atoms with Crippen molar-refractivity contribution in [1.29, 1.82) is 0 Å². The molecule has 1 aliphatic heterocycles. The molecule has 2 aromatic carbocycles. The molecule has 1 atom stereocenters. The number of ketones is 1. The van der Waals surface area contributed by atoms with Crippen LogP contribution in [-0.2, 0) is 20.7 Å². The van der Waals surface area contributed by atoms with Gasteiger partial charge in [0.15, 0.2) is 5.78 Å². The van der Waals surface area contributed by atoms with Crippen LogP contribution in [0.5, 0.6) is 5.75 Å². The number of carbonyl (C=O) groups is 2. The van der Waals surface area contributed by atoms with Crippen molar-refractivity contribution < 1.29 is 19.1 Å². The number of nitrogens with one attached hydrogen (secondary N) is 1. The van der Waals surface area contributed by atoms with E-state index in [0.29, 0.717) is 30.6 Å². The summed E-state index contributed by atoms with van der Waals surface area (Å²) in [6.45, 7) is 4.89. The van der Waals surface area contributed by atoms with Crippen LogP contribution in [0.15, 0.2) is 77.1 Å². The molecule has 0 radical (unpaired) electrons. The van der Waals surface area contributed by atoms with Crippen molar-refractivity contribution in [3.8, 4) is 5.75 Å². The first-order chi connectivity index (χ1) is 16.6. The minimum absolute atomic E-state index is 0.0872. The minimum Gasteiger partial charge on any atom is -0.493 e. The zero-order valence-electron chi connectivity index (χ0n) is 20.1. The van der Waals surface area contributed by atoms with Crippen LogP contribution in [-0.4, -0.2) is 25.0 Å². The van der Waals surface area contributed by atoms with Crippen molar-refractivity contribution in [2.45, 2.75) is 58.3 Å². The second kappa shape index (κ2) is 11.2. The Bertz CT molecular complexity index is 1100. The fourth-order valence-corrected chi connectivity index (χ4v) is 4.73. The zero-order chi connectivity index (χ0) is 23.9. The Hall–Kier alpha value is -3.34. The number of para-hydroxylation sites is 1. The normalized spacial score (nSPS) is 17.8. The number of esters is 1. The number of benzene rings is 2. The van der Waals surface area contributed by atoms with Gasteiger partial charge in [0.2, 0.25) is 0 Å². The fourth-order valence-electron chi connectivity index (χ4n) is 4.73. The Morgan fingerprint density at radius 1 is 1.03 bits per heavy atom. The third-order valence-corrected chi connectivity index (χ3v) is 6.45. The smallest absolute Gasteiger partial charge is 0.336 e. The van der Waals surface area contributed by atoms with Gasteiger partial charge in [0.1, 0.15) is 5.75 Å². The van der Waals surface area contributed by atoms with E-state index in [1.807, 2.05) is 61.5 Å². The molecule has 178 valence electrons. The maximum atomic E-state index is 13.4. The van der Waals surface area contributed by atoms with Gasteiger partial charge in [-0.3, -0.25) is 4.79 Å². The van der Waals surface area contributed by atoms with Crippen LogP contribution in [0, 0.1) is 0 Å². The standard InChI is InChI=1S/C29H33NO4/c1-3-4-18-33-25-16-9-8-13-22(25)27-26(20(2)30-23-14-10-15-24(31)28(23)27)29(32)34-19-17-21-11-6-5-7-12-21/h5-9,11-13,16,27,30H,3-4,10,14-15,17-19H2,1-2H3/t27-/m1/s1. The predicted octanol–water partition coefficient (Wildman–Crippen LogP) is 5.62. The van der Waals surface area contributed by atoms with Gasteiger partial charge in [-0.15, -0.1) is 0 Å². The van der Waals surface area contributed by atoms with E-state index in [9.17, 15) is 9.59 Å². The first kappa shape index (κ1) is 23.8. The molecule has 0 bridgehead atoms. The SMILES string of the molecule is CCCCOc1ccccc1[C@@H]1C(C(=O)OCCc2ccccc2)=C(C)NC2=C1C(=O)CCC2. The number of Topliss-reactive ketones (excluding diaryl/α,β-unsaturated/α-hetero) is 1. The molecule has 0 aromatic heterocycles. The zero-order valence-corrected chi connectivity index (χ0v) is 20.1. The van der Waals surface area contributed by atoms with Gasteiger partial charge < -0.3 is 14.8 Å². The molecule has 0 saturated carbocycles. The average molecular weight is 460 g/mol. The van der Waals surface area contributed by atoms with Crippen molar-refractivity contribution in [1.82, 2.24) is 5.32 Å². The Morgan fingerprint density at radius 3 is 2.59 bits per heavy atom. The molecule has 0 spiro atoms. The molecule has 0 amide bonds. The van der Waals surface area contributed by atoms with Crippen LogP contribution in [0.1, 0.15) is 63.0 Å². The van der Waals surface area contributed by atoms with E-state index in [4.69, 9.17) is 9.47 Å². The molecule has 4 rings (SSSR count). The van der Waals surface area contributed by atoms with Gasteiger partial charge in [0, 0.05) is 35.4 Å². The lowest BCUT2D eigenvalue weighted by molar-refractivity contribution is -0.139. The quantitative estimate of drug-likeness (QED) is 0.390. The van der Waals surface area contributed by atoms with Gasteiger partial charge in [-0.05, 0) is 37.8 Å². The summed E-state index contributed by atoms with van der Waals surface area (Å²) in [7, 11) is 0. The molecule has 2 aromatic rings. The van der Waals surface area contributed by atoms with Crippen LogP contribution in [0.4, 0.5) is 0 Å². The molecule has 0 saturated heterocycles. The second-order valence-electron chi connectivity index (χ2n) is 8.88.